The van der Waals surface area contributed by atoms with Crippen LogP contribution in [0.25, 0.3) is 21.2 Å². The molecule has 2 aliphatic rings. The fourth-order valence-corrected chi connectivity index (χ4v) is 6.68. The van der Waals surface area contributed by atoms with Crippen molar-refractivity contribution < 1.29 is 34.2 Å². The first-order valence-electron chi connectivity index (χ1n) is 16.5. The molecule has 1 heterocycles. The van der Waals surface area contributed by atoms with Gasteiger partial charge in [-0.3, -0.25) is 19.2 Å². The minimum Gasteiger partial charge on any atom is -0.465 e. The molecule has 1 aliphatic heterocycles. The highest BCUT2D eigenvalue weighted by Gasteiger charge is 2.43. The monoisotopic (exact) mass is 664 g/mol. The number of carboxylic acid groups (broad SMARTS) is 1. The number of rotatable bonds is 15. The number of benzene rings is 2. The molecule has 15 heteroatoms. The van der Waals surface area contributed by atoms with Gasteiger partial charge in [-0.2, -0.15) is 0 Å². The van der Waals surface area contributed by atoms with E-state index in [1.807, 2.05) is 30.3 Å². The third kappa shape index (κ3) is 9.81. The number of hydrogen-bond acceptors (Lipinski definition) is 7. The Labute approximate surface area is 278 Å². The number of hydrogen-bond donors (Lipinski definition) is 6. The van der Waals surface area contributed by atoms with Crippen molar-refractivity contribution >= 4 is 40.5 Å². The van der Waals surface area contributed by atoms with Gasteiger partial charge in [-0.25, -0.2) is 4.79 Å². The number of primary amides is 1. The van der Waals surface area contributed by atoms with Crippen molar-refractivity contribution in [1.29, 1.82) is 0 Å². The smallest absolute Gasteiger partial charge is 0.404 e. The van der Waals surface area contributed by atoms with E-state index in [9.17, 15) is 29.1 Å². The second kappa shape index (κ2) is 17.3. The number of likely N-dealkylation sites (tertiary alicyclic amines) is 1. The molecule has 258 valence electrons. The highest BCUT2D eigenvalue weighted by Crippen LogP contribution is 2.30. The molecule has 1 aliphatic carbocycles. The van der Waals surface area contributed by atoms with Gasteiger partial charge >= 0.3 is 6.09 Å². The van der Waals surface area contributed by atoms with Gasteiger partial charge in [-0.05, 0) is 66.5 Å². The zero-order valence-corrected chi connectivity index (χ0v) is 26.8. The molecule has 48 heavy (non-hydrogen) atoms. The molecule has 5 amide bonds. The molecular formula is C33H44N8O7. The number of nitrogens with one attached hydrogen (secondary N) is 3. The molecule has 0 bridgehead atoms. The topological polar surface area (TPSA) is 240 Å². The summed E-state index contributed by atoms with van der Waals surface area (Å²) in [6.07, 6.45) is 3.24. The summed E-state index contributed by atoms with van der Waals surface area (Å²) in [5.74, 6) is -2.46. The van der Waals surface area contributed by atoms with Gasteiger partial charge in [0.05, 0.1) is 12.1 Å². The summed E-state index contributed by atoms with van der Waals surface area (Å²) in [5.41, 5.74) is 14.9. The van der Waals surface area contributed by atoms with Gasteiger partial charge < -0.3 is 36.8 Å². The number of carbonyl (C=O) groups excluding carboxylic acids is 4. The van der Waals surface area contributed by atoms with Gasteiger partial charge in [0.15, 0.2) is 6.10 Å². The molecule has 0 aromatic heterocycles. The molecule has 3 unspecified atom stereocenters. The molecule has 15 nitrogen and oxygen atoms in total. The maximum atomic E-state index is 14.3. The number of amides is 5. The number of carbonyl (C=O) groups is 5. The van der Waals surface area contributed by atoms with Crippen molar-refractivity contribution in [2.75, 3.05) is 13.1 Å². The van der Waals surface area contributed by atoms with Crippen LogP contribution in [-0.2, 0) is 14.4 Å². The van der Waals surface area contributed by atoms with E-state index in [2.05, 4.69) is 26.0 Å². The van der Waals surface area contributed by atoms with Crippen LogP contribution in [0.5, 0.6) is 0 Å². The average molecular weight is 665 g/mol. The van der Waals surface area contributed by atoms with Crippen molar-refractivity contribution in [3.05, 3.63) is 58.5 Å². The summed E-state index contributed by atoms with van der Waals surface area (Å²) in [6, 6.07) is 9.02. The Hall–Kier alpha value is -4.88. The summed E-state index contributed by atoms with van der Waals surface area (Å²) < 4.78 is 0. The molecular weight excluding hydrogens is 620 g/mol. The molecule has 2 aromatic carbocycles. The molecule has 2 fully saturated rings. The Morgan fingerprint density at radius 3 is 2.44 bits per heavy atom. The predicted octanol–water partition coefficient (Wildman–Crippen LogP) is 2.96. The number of unbranched alkanes of at least 4 members (excludes halogenated alkanes) is 1. The Balaban J connectivity index is 1.54. The summed E-state index contributed by atoms with van der Waals surface area (Å²) in [4.78, 5) is 68.4. The first-order chi connectivity index (χ1) is 23.1. The number of fused-ring (bicyclic) bond motifs is 1. The van der Waals surface area contributed by atoms with Gasteiger partial charge in [0.2, 0.25) is 17.7 Å². The van der Waals surface area contributed by atoms with Crippen LogP contribution in [-0.4, -0.2) is 88.2 Å². The van der Waals surface area contributed by atoms with Gasteiger partial charge in [0.1, 0.15) is 12.1 Å². The van der Waals surface area contributed by atoms with E-state index >= 15 is 0 Å². The molecule has 1 saturated carbocycles. The number of nitrogens with zero attached hydrogens (tertiary/aromatic N) is 4. The summed E-state index contributed by atoms with van der Waals surface area (Å²) >= 11 is 0. The van der Waals surface area contributed by atoms with E-state index in [1.54, 1.807) is 12.1 Å². The molecule has 0 spiro atoms. The lowest BCUT2D eigenvalue weighted by Gasteiger charge is -2.32. The number of aliphatic hydroxyl groups excluding tert-OH is 1. The lowest BCUT2D eigenvalue weighted by Crippen LogP contribution is -2.57. The van der Waals surface area contributed by atoms with Crippen LogP contribution in [0.2, 0.25) is 0 Å². The van der Waals surface area contributed by atoms with E-state index in [-0.39, 0.29) is 31.8 Å². The summed E-state index contributed by atoms with van der Waals surface area (Å²) in [6.45, 7) is 0.0760. The second-order valence-corrected chi connectivity index (χ2v) is 12.6. The number of nitrogens with two attached hydrogens (primary N) is 1. The molecule has 1 saturated heterocycles. The third-order valence-electron chi connectivity index (χ3n) is 9.21. The third-order valence-corrected chi connectivity index (χ3v) is 9.21. The first-order valence-corrected chi connectivity index (χ1v) is 16.5. The fraction of sp³-hybridized carbons (Fsp3) is 0.545. The summed E-state index contributed by atoms with van der Waals surface area (Å²) in [7, 11) is 0. The van der Waals surface area contributed by atoms with Crippen LogP contribution in [0.1, 0.15) is 74.6 Å². The van der Waals surface area contributed by atoms with Crippen LogP contribution >= 0.6 is 0 Å². The Morgan fingerprint density at radius 1 is 1.02 bits per heavy atom. The molecule has 7 N–H and O–H groups in total. The van der Waals surface area contributed by atoms with Crippen molar-refractivity contribution in [3.63, 3.8) is 0 Å². The molecule has 5 atom stereocenters. The van der Waals surface area contributed by atoms with Crippen molar-refractivity contribution in [3.8, 4) is 0 Å². The van der Waals surface area contributed by atoms with E-state index in [4.69, 9.17) is 16.4 Å². The normalized spacial score (nSPS) is 19.8. The Kier molecular flexibility index (Phi) is 13.0. The van der Waals surface area contributed by atoms with Gasteiger partial charge in [0, 0.05) is 23.6 Å². The number of azide groups is 1. The van der Waals surface area contributed by atoms with Crippen LogP contribution in [0, 0.1) is 5.92 Å². The van der Waals surface area contributed by atoms with Gasteiger partial charge in [0.25, 0.3) is 5.91 Å². The molecule has 2 aromatic rings. The highest BCUT2D eigenvalue weighted by molar-refractivity contribution is 6.01. The van der Waals surface area contributed by atoms with Crippen LogP contribution in [0.3, 0.4) is 0 Å². The van der Waals surface area contributed by atoms with E-state index < -0.39 is 60.0 Å². The average Bonchev–Trinajstić information content (AvgIpc) is 3.50. The van der Waals surface area contributed by atoms with Crippen molar-refractivity contribution in [2.45, 2.75) is 94.5 Å². The molecule has 0 radical (unpaired) electrons. The molecule has 4 rings (SSSR count). The maximum absolute atomic E-state index is 14.3. The van der Waals surface area contributed by atoms with Crippen LogP contribution in [0.15, 0.2) is 47.6 Å². The fourth-order valence-electron chi connectivity index (χ4n) is 6.68. The summed E-state index contributed by atoms with van der Waals surface area (Å²) in [5, 5.41) is 32.7. The highest BCUT2D eigenvalue weighted by atomic mass is 16.4. The second-order valence-electron chi connectivity index (χ2n) is 12.6. The quantitative estimate of drug-likeness (QED) is 0.0719. The van der Waals surface area contributed by atoms with Crippen LogP contribution in [0.4, 0.5) is 4.79 Å². The van der Waals surface area contributed by atoms with Crippen LogP contribution < -0.4 is 21.7 Å². The lowest BCUT2D eigenvalue weighted by atomic mass is 9.84. The van der Waals surface area contributed by atoms with Crippen molar-refractivity contribution in [2.24, 2.45) is 16.8 Å². The first kappa shape index (κ1) is 36.0. The SMILES string of the molecule is [N-]=[N+]=N[C@@H]1C[C@@H](C(=O)NC(CCCCNC(=O)O)C(O)C(N)=O)N(C(=O)C(CC2CCCCC2)NC(=O)c2ccc3ccccc3c2)C1. The lowest BCUT2D eigenvalue weighted by molar-refractivity contribution is -0.141. The largest absolute Gasteiger partial charge is 0.465 e. The van der Waals surface area contributed by atoms with E-state index in [0.29, 0.717) is 24.8 Å². The Morgan fingerprint density at radius 2 is 1.75 bits per heavy atom. The maximum Gasteiger partial charge on any atom is 0.404 e. The van der Waals surface area contributed by atoms with E-state index in [0.717, 1.165) is 42.9 Å². The van der Waals surface area contributed by atoms with Gasteiger partial charge in [-0.15, -0.1) is 0 Å². The zero-order valence-electron chi connectivity index (χ0n) is 26.8. The standard InChI is InChI=1S/C33H44N8O7/c34-29(43)28(42)25(12-6-7-15-36-33(47)48)37-31(45)27-18-24(39-40-35)19-41(27)32(46)26(16-20-8-2-1-3-9-20)38-30(44)23-14-13-21-10-4-5-11-22(21)17-23/h4-5,10-11,13-14,17,20,24-28,36,42H,1-3,6-9,12,15-16,18-19H2,(H2,34,43)(H,37,45)(H,38,44)(H,47,48)/t24-,25?,26?,27+,28?/m1/s1. The van der Waals surface area contributed by atoms with E-state index in [1.165, 1.54) is 4.90 Å². The van der Waals surface area contributed by atoms with Gasteiger partial charge in [-0.1, -0.05) is 67.6 Å². The van der Waals surface area contributed by atoms with Crippen molar-refractivity contribution in [1.82, 2.24) is 20.9 Å². The minimum absolute atomic E-state index is 0.00167. The predicted molar refractivity (Wildman–Crippen MR) is 176 cm³/mol. The number of aliphatic hydroxyl groups is 1. The minimum atomic E-state index is -1.74. The zero-order chi connectivity index (χ0) is 34.6. The Bertz CT molecular complexity index is 1520.